The fraction of sp³-hybridized carbons (Fsp3) is 0.588. The first-order chi connectivity index (χ1) is 9.00. The second-order valence-electron chi connectivity index (χ2n) is 7.60. The maximum Gasteiger partial charge on any atom is 0.204 e. The van der Waals surface area contributed by atoms with Crippen molar-refractivity contribution >= 4 is 5.78 Å². The molecule has 20 heavy (non-hydrogen) atoms. The molecule has 0 aliphatic carbocycles. The number of hydrogen-bond donors (Lipinski definition) is 1. The van der Waals surface area contributed by atoms with Crippen molar-refractivity contribution in [2.45, 2.75) is 65.1 Å². The Hall–Kier alpha value is -1.35. The van der Waals surface area contributed by atoms with Gasteiger partial charge in [-0.15, -0.1) is 0 Å². The fourth-order valence-electron chi connectivity index (χ4n) is 2.40. The van der Waals surface area contributed by atoms with Crippen LogP contribution < -0.4 is 4.74 Å². The second-order valence-corrected chi connectivity index (χ2v) is 7.60. The minimum Gasteiger partial charge on any atom is -0.464 e. The van der Waals surface area contributed by atoms with Gasteiger partial charge in [0.2, 0.25) is 6.29 Å². The van der Waals surface area contributed by atoms with Crippen molar-refractivity contribution in [3.05, 3.63) is 28.8 Å². The number of Topliss-reactive ketones (excluding diaryl/α,β-unsaturated/α-hetero) is 1. The standard InChI is InChI=1S/C17H24O3/c1-16(2,3)10-7-11-13(18)9-14(19)20-15(11)12(8-10)17(4,5)6/h7-8,14,19H,9H2,1-6H3. The molecule has 0 saturated carbocycles. The van der Waals surface area contributed by atoms with Crippen molar-refractivity contribution in [3.63, 3.8) is 0 Å². The van der Waals surface area contributed by atoms with E-state index in [1.807, 2.05) is 6.07 Å². The average molecular weight is 276 g/mol. The Kier molecular flexibility index (Phi) is 3.45. The van der Waals surface area contributed by atoms with Crippen molar-refractivity contribution in [1.29, 1.82) is 0 Å². The maximum absolute atomic E-state index is 12.2. The number of carbonyl (C=O) groups is 1. The van der Waals surface area contributed by atoms with Crippen molar-refractivity contribution in [1.82, 2.24) is 0 Å². The molecule has 0 aromatic heterocycles. The van der Waals surface area contributed by atoms with Gasteiger partial charge in [0.1, 0.15) is 5.75 Å². The molecule has 1 aromatic rings. The number of carbonyl (C=O) groups excluding carboxylic acids is 1. The molecule has 1 aliphatic heterocycles. The highest BCUT2D eigenvalue weighted by Gasteiger charge is 2.33. The van der Waals surface area contributed by atoms with Gasteiger partial charge < -0.3 is 9.84 Å². The van der Waals surface area contributed by atoms with Crippen molar-refractivity contribution in [2.75, 3.05) is 0 Å². The molecule has 0 radical (unpaired) electrons. The van der Waals surface area contributed by atoms with Crippen molar-refractivity contribution < 1.29 is 14.6 Å². The van der Waals surface area contributed by atoms with Crippen LogP contribution in [-0.4, -0.2) is 17.2 Å². The van der Waals surface area contributed by atoms with E-state index in [1.54, 1.807) is 0 Å². The average Bonchev–Trinajstić information content (AvgIpc) is 2.24. The number of aliphatic hydroxyl groups is 1. The summed E-state index contributed by atoms with van der Waals surface area (Å²) in [6.07, 6.45) is -0.999. The van der Waals surface area contributed by atoms with Gasteiger partial charge in [-0.1, -0.05) is 47.6 Å². The molecule has 0 saturated heterocycles. The zero-order chi connectivity index (χ0) is 15.3. The zero-order valence-electron chi connectivity index (χ0n) is 13.2. The van der Waals surface area contributed by atoms with E-state index < -0.39 is 6.29 Å². The summed E-state index contributed by atoms with van der Waals surface area (Å²) in [6, 6.07) is 4.02. The first-order valence-electron chi connectivity index (χ1n) is 7.07. The summed E-state index contributed by atoms with van der Waals surface area (Å²) < 4.78 is 5.56. The van der Waals surface area contributed by atoms with E-state index in [9.17, 15) is 9.90 Å². The highest BCUT2D eigenvalue weighted by atomic mass is 16.6. The second kappa shape index (κ2) is 4.59. The number of fused-ring (bicyclic) bond motifs is 1. The van der Waals surface area contributed by atoms with Crippen LogP contribution in [0.2, 0.25) is 0 Å². The first-order valence-corrected chi connectivity index (χ1v) is 7.07. The van der Waals surface area contributed by atoms with E-state index >= 15 is 0 Å². The third-order valence-corrected chi connectivity index (χ3v) is 3.68. The summed E-state index contributed by atoms with van der Waals surface area (Å²) in [5.74, 6) is 0.504. The van der Waals surface area contributed by atoms with Crippen LogP contribution in [0, 0.1) is 0 Å². The molecule has 1 aromatic carbocycles. The molecular formula is C17H24O3. The molecule has 3 nitrogen and oxygen atoms in total. The van der Waals surface area contributed by atoms with E-state index in [4.69, 9.17) is 4.74 Å². The van der Waals surface area contributed by atoms with Gasteiger partial charge in [-0.25, -0.2) is 0 Å². The highest BCUT2D eigenvalue weighted by Crippen LogP contribution is 2.41. The summed E-state index contributed by atoms with van der Waals surface area (Å²) >= 11 is 0. The van der Waals surface area contributed by atoms with Gasteiger partial charge in [-0.2, -0.15) is 0 Å². The lowest BCUT2D eigenvalue weighted by Gasteiger charge is -2.32. The molecule has 1 aliphatic rings. The van der Waals surface area contributed by atoms with E-state index in [2.05, 4.69) is 47.6 Å². The number of rotatable bonds is 0. The number of ether oxygens (including phenoxy) is 1. The predicted molar refractivity (Wildman–Crippen MR) is 79.4 cm³/mol. The SMILES string of the molecule is CC(C)(C)c1cc2c(c(C(C)(C)C)c1)OC(O)CC2=O. The van der Waals surface area contributed by atoms with Crippen LogP contribution in [-0.2, 0) is 10.8 Å². The van der Waals surface area contributed by atoms with E-state index in [1.165, 1.54) is 0 Å². The lowest BCUT2D eigenvalue weighted by molar-refractivity contribution is -0.0257. The molecule has 1 N–H and O–H groups in total. The van der Waals surface area contributed by atoms with Crippen molar-refractivity contribution in [3.8, 4) is 5.75 Å². The summed E-state index contributed by atoms with van der Waals surface area (Å²) in [4.78, 5) is 12.2. The third-order valence-electron chi connectivity index (χ3n) is 3.68. The summed E-state index contributed by atoms with van der Waals surface area (Å²) in [6.45, 7) is 12.6. The Labute approximate surface area is 121 Å². The van der Waals surface area contributed by atoms with Gasteiger partial charge in [0.05, 0.1) is 12.0 Å². The van der Waals surface area contributed by atoms with E-state index in [0.29, 0.717) is 11.3 Å². The van der Waals surface area contributed by atoms with E-state index in [-0.39, 0.29) is 23.0 Å². The quantitative estimate of drug-likeness (QED) is 0.788. The molecule has 0 fully saturated rings. The van der Waals surface area contributed by atoms with Gasteiger partial charge in [0, 0.05) is 5.56 Å². The fourth-order valence-corrected chi connectivity index (χ4v) is 2.40. The lowest BCUT2D eigenvalue weighted by Crippen LogP contribution is -2.30. The first kappa shape index (κ1) is 15.0. The predicted octanol–water partition coefficient (Wildman–Crippen LogP) is 3.57. The Morgan fingerprint density at radius 3 is 2.20 bits per heavy atom. The van der Waals surface area contributed by atoms with Crippen LogP contribution in [0.4, 0.5) is 0 Å². The zero-order valence-corrected chi connectivity index (χ0v) is 13.2. The summed E-state index contributed by atoms with van der Waals surface area (Å²) in [5, 5.41) is 9.70. The molecule has 0 amide bonds. The molecule has 0 bridgehead atoms. The van der Waals surface area contributed by atoms with Crippen LogP contribution in [0.15, 0.2) is 12.1 Å². The number of hydrogen-bond acceptors (Lipinski definition) is 3. The Bertz CT molecular complexity index is 545. The number of aliphatic hydroxyl groups excluding tert-OH is 1. The van der Waals surface area contributed by atoms with Crippen LogP contribution in [0.3, 0.4) is 0 Å². The Balaban J connectivity index is 2.72. The van der Waals surface area contributed by atoms with Gasteiger partial charge in [-0.3, -0.25) is 4.79 Å². The molecule has 2 rings (SSSR count). The number of benzene rings is 1. The highest BCUT2D eigenvalue weighted by molar-refractivity contribution is 6.00. The minimum absolute atomic E-state index is 0.0319. The van der Waals surface area contributed by atoms with Gasteiger partial charge in [0.25, 0.3) is 0 Å². The van der Waals surface area contributed by atoms with Crippen LogP contribution in [0.1, 0.15) is 69.4 Å². The van der Waals surface area contributed by atoms with Gasteiger partial charge >= 0.3 is 0 Å². The third kappa shape index (κ3) is 2.73. The molecule has 110 valence electrons. The monoisotopic (exact) mass is 276 g/mol. The molecule has 1 unspecified atom stereocenters. The van der Waals surface area contributed by atoms with Gasteiger partial charge in [-0.05, 0) is 22.5 Å². The van der Waals surface area contributed by atoms with Crippen LogP contribution in [0.5, 0.6) is 5.75 Å². The van der Waals surface area contributed by atoms with Crippen molar-refractivity contribution in [2.24, 2.45) is 0 Å². The summed E-state index contributed by atoms with van der Waals surface area (Å²) in [7, 11) is 0. The molecule has 0 spiro atoms. The maximum atomic E-state index is 12.2. The van der Waals surface area contributed by atoms with Gasteiger partial charge in [0.15, 0.2) is 5.78 Å². The minimum atomic E-state index is -1.03. The summed E-state index contributed by atoms with van der Waals surface area (Å²) in [5.41, 5.74) is 2.52. The molecule has 1 atom stereocenters. The normalized spacial score (nSPS) is 19.6. The molecule has 1 heterocycles. The smallest absolute Gasteiger partial charge is 0.204 e. The van der Waals surface area contributed by atoms with E-state index in [0.717, 1.165) is 11.1 Å². The number of ketones is 1. The molecule has 3 heteroatoms. The Morgan fingerprint density at radius 1 is 1.10 bits per heavy atom. The Morgan fingerprint density at radius 2 is 1.70 bits per heavy atom. The van der Waals surface area contributed by atoms with Crippen LogP contribution in [0.25, 0.3) is 0 Å². The topological polar surface area (TPSA) is 46.5 Å². The largest absolute Gasteiger partial charge is 0.464 e. The lowest BCUT2D eigenvalue weighted by atomic mass is 9.78. The molecular weight excluding hydrogens is 252 g/mol. The van der Waals surface area contributed by atoms with Crippen LogP contribution >= 0.6 is 0 Å².